The number of carbonyl (C=O) groups is 2. The molecule has 3 aliphatic heterocycles. The van der Waals surface area contributed by atoms with E-state index < -0.39 is 12.2 Å². The fraction of sp³-hybridized carbons (Fsp3) is 0.600. The predicted molar refractivity (Wildman–Crippen MR) is 112 cm³/mol. The van der Waals surface area contributed by atoms with Crippen LogP contribution >= 0.6 is 11.8 Å². The minimum absolute atomic E-state index is 0.180. The third kappa shape index (κ3) is 4.02. The zero-order valence-corrected chi connectivity index (χ0v) is 17.6. The maximum atomic E-state index is 14.9. The number of cyclic esters (lactones) is 1. The Morgan fingerprint density at radius 2 is 2.10 bits per heavy atom. The molecule has 0 radical (unpaired) electrons. The molecule has 3 aliphatic rings. The van der Waals surface area contributed by atoms with Gasteiger partial charge in [0.25, 0.3) is 0 Å². The molecule has 1 atom stereocenters. The fourth-order valence-corrected chi connectivity index (χ4v) is 5.85. The molecule has 1 aromatic carbocycles. The number of nitrogens with one attached hydrogen (secondary N) is 1. The molecule has 158 valence electrons. The summed E-state index contributed by atoms with van der Waals surface area (Å²) in [6.07, 6.45) is 1.07. The number of halogens is 1. The molecule has 2 amide bonds. The Morgan fingerprint density at radius 1 is 1.34 bits per heavy atom. The Balaban J connectivity index is 1.41. The van der Waals surface area contributed by atoms with Crippen LogP contribution in [-0.2, 0) is 9.53 Å². The third-order valence-electron chi connectivity index (χ3n) is 6.07. The van der Waals surface area contributed by atoms with E-state index in [4.69, 9.17) is 4.74 Å². The van der Waals surface area contributed by atoms with Gasteiger partial charge in [-0.05, 0) is 38.1 Å². The fourth-order valence-electron chi connectivity index (χ4n) is 4.33. The molecule has 29 heavy (non-hydrogen) atoms. The predicted octanol–water partition coefficient (Wildman–Crippen LogP) is 2.26. The summed E-state index contributed by atoms with van der Waals surface area (Å²) >= 11 is 2.02. The minimum Gasteiger partial charge on any atom is -0.442 e. The number of ether oxygens (including phenoxy) is 1. The second-order valence-electron chi connectivity index (χ2n) is 7.89. The summed E-state index contributed by atoms with van der Waals surface area (Å²) < 4.78 is 20.2. The van der Waals surface area contributed by atoms with E-state index in [0.717, 1.165) is 38.2 Å². The second kappa shape index (κ2) is 8.02. The molecule has 0 aliphatic carbocycles. The van der Waals surface area contributed by atoms with Crippen LogP contribution in [0.25, 0.3) is 0 Å². The maximum absolute atomic E-state index is 14.9. The number of hydrogen-bond donors (Lipinski definition) is 1. The number of hydrogen-bond acceptors (Lipinski definition) is 6. The molecule has 0 bridgehead atoms. The normalized spacial score (nSPS) is 24.2. The molecule has 7 nitrogen and oxygen atoms in total. The van der Waals surface area contributed by atoms with E-state index >= 15 is 0 Å². The van der Waals surface area contributed by atoms with Crippen molar-refractivity contribution in [3.63, 3.8) is 0 Å². The number of amides is 2. The van der Waals surface area contributed by atoms with Gasteiger partial charge in [-0.25, -0.2) is 9.18 Å². The zero-order valence-electron chi connectivity index (χ0n) is 16.8. The molecule has 0 unspecified atom stereocenters. The van der Waals surface area contributed by atoms with Crippen LogP contribution < -0.4 is 15.1 Å². The molecule has 9 heteroatoms. The highest BCUT2D eigenvalue weighted by Gasteiger charge is 2.42. The van der Waals surface area contributed by atoms with Crippen molar-refractivity contribution in [2.45, 2.75) is 30.7 Å². The Hall–Kier alpha value is -2.00. The van der Waals surface area contributed by atoms with E-state index in [1.807, 2.05) is 11.8 Å². The lowest BCUT2D eigenvalue weighted by Gasteiger charge is -2.43. The molecule has 0 aromatic heterocycles. The monoisotopic (exact) mass is 422 g/mol. The van der Waals surface area contributed by atoms with Crippen molar-refractivity contribution >= 4 is 35.1 Å². The Bertz CT molecular complexity index is 800. The summed E-state index contributed by atoms with van der Waals surface area (Å²) in [4.78, 5) is 29.3. The van der Waals surface area contributed by atoms with Crippen molar-refractivity contribution < 1.29 is 18.7 Å². The van der Waals surface area contributed by atoms with Gasteiger partial charge in [-0.3, -0.25) is 14.6 Å². The summed E-state index contributed by atoms with van der Waals surface area (Å²) in [5.74, 6) is 0.651. The summed E-state index contributed by atoms with van der Waals surface area (Å²) in [5.41, 5.74) is 1.05. The first-order chi connectivity index (χ1) is 13.9. The smallest absolute Gasteiger partial charge is 0.414 e. The first-order valence-corrected chi connectivity index (χ1v) is 11.0. The molecule has 4 rings (SSSR count). The van der Waals surface area contributed by atoms with Crippen LogP contribution in [0.2, 0.25) is 0 Å². The summed E-state index contributed by atoms with van der Waals surface area (Å²) in [6.45, 7) is 4.70. The molecule has 3 heterocycles. The lowest BCUT2D eigenvalue weighted by atomic mass is 10.0. The van der Waals surface area contributed by atoms with Crippen LogP contribution in [0.15, 0.2) is 18.2 Å². The van der Waals surface area contributed by atoms with Crippen molar-refractivity contribution in [1.29, 1.82) is 0 Å². The average molecular weight is 423 g/mol. The van der Waals surface area contributed by atoms with Gasteiger partial charge in [0.2, 0.25) is 5.91 Å². The molecule has 0 saturated carbocycles. The lowest BCUT2D eigenvalue weighted by Crippen LogP contribution is -2.49. The highest BCUT2D eigenvalue weighted by Crippen LogP contribution is 2.43. The van der Waals surface area contributed by atoms with Crippen molar-refractivity contribution in [2.75, 3.05) is 55.3 Å². The van der Waals surface area contributed by atoms with E-state index in [2.05, 4.69) is 22.2 Å². The number of piperidine rings is 1. The topological polar surface area (TPSA) is 65.1 Å². The summed E-state index contributed by atoms with van der Waals surface area (Å²) in [6, 6.07) is 4.92. The van der Waals surface area contributed by atoms with Crippen LogP contribution in [0.4, 0.5) is 20.6 Å². The van der Waals surface area contributed by atoms with Gasteiger partial charge in [-0.2, -0.15) is 0 Å². The highest BCUT2D eigenvalue weighted by molar-refractivity contribution is 8.00. The van der Waals surface area contributed by atoms with Gasteiger partial charge in [0.15, 0.2) is 0 Å². The van der Waals surface area contributed by atoms with Crippen LogP contribution in [0, 0.1) is 5.82 Å². The summed E-state index contributed by atoms with van der Waals surface area (Å²) in [5, 5.41) is 2.64. The number of thioether (sulfide) groups is 1. The van der Waals surface area contributed by atoms with Gasteiger partial charge in [0.05, 0.1) is 29.3 Å². The van der Waals surface area contributed by atoms with Crippen molar-refractivity contribution in [1.82, 2.24) is 10.2 Å². The van der Waals surface area contributed by atoms with Crippen molar-refractivity contribution in [2.24, 2.45) is 0 Å². The third-order valence-corrected chi connectivity index (χ3v) is 7.72. The average Bonchev–Trinajstić information content (AvgIpc) is 3.24. The quantitative estimate of drug-likeness (QED) is 0.803. The number of benzene rings is 1. The van der Waals surface area contributed by atoms with Crippen LogP contribution in [0.3, 0.4) is 0 Å². The van der Waals surface area contributed by atoms with E-state index in [0.29, 0.717) is 11.4 Å². The number of carbonyl (C=O) groups excluding carboxylic acids is 2. The number of nitrogens with zero attached hydrogens (tertiary/aromatic N) is 3. The number of anilines is 2. The maximum Gasteiger partial charge on any atom is 0.414 e. The van der Waals surface area contributed by atoms with Gasteiger partial charge >= 0.3 is 6.09 Å². The standard InChI is InChI=1S/C20H27FN4O3S/c1-14(26)22-12-16-13-25(19(27)28-16)15-3-4-18(17(21)11-15)24-7-5-20(6-8-24)23(2)9-10-29-20/h3-4,11,16H,5-10,12-13H2,1-2H3,(H,22,26)/t16-/m0/s1. The largest absolute Gasteiger partial charge is 0.442 e. The molecule has 1 aromatic rings. The Labute approximate surface area is 174 Å². The van der Waals surface area contributed by atoms with Crippen LogP contribution in [0.5, 0.6) is 0 Å². The van der Waals surface area contributed by atoms with Gasteiger partial charge in [0.1, 0.15) is 11.9 Å². The molecular weight excluding hydrogens is 395 g/mol. The first-order valence-electron chi connectivity index (χ1n) is 10.0. The van der Waals surface area contributed by atoms with Gasteiger partial charge in [-0.15, -0.1) is 11.8 Å². The SMILES string of the molecule is CC(=O)NC[C@H]1CN(c2ccc(N3CCC4(CC3)SCCN4C)c(F)c2)C(=O)O1. The highest BCUT2D eigenvalue weighted by atomic mass is 32.2. The van der Waals surface area contributed by atoms with E-state index in [9.17, 15) is 14.0 Å². The number of rotatable bonds is 4. The van der Waals surface area contributed by atoms with Crippen molar-refractivity contribution in [3.8, 4) is 0 Å². The molecule has 3 fully saturated rings. The van der Waals surface area contributed by atoms with Crippen LogP contribution in [-0.4, -0.2) is 73.4 Å². The first kappa shape index (κ1) is 20.3. The van der Waals surface area contributed by atoms with E-state index in [1.54, 1.807) is 12.1 Å². The van der Waals surface area contributed by atoms with E-state index in [1.165, 1.54) is 17.9 Å². The molecular formula is C20H27FN4O3S. The Morgan fingerprint density at radius 3 is 2.72 bits per heavy atom. The zero-order chi connectivity index (χ0) is 20.6. The van der Waals surface area contributed by atoms with Crippen molar-refractivity contribution in [3.05, 3.63) is 24.0 Å². The lowest BCUT2D eigenvalue weighted by molar-refractivity contribution is -0.119. The Kier molecular flexibility index (Phi) is 5.61. The molecule has 1 spiro atoms. The molecule has 1 N–H and O–H groups in total. The second-order valence-corrected chi connectivity index (χ2v) is 9.35. The minimum atomic E-state index is -0.520. The van der Waals surface area contributed by atoms with E-state index in [-0.39, 0.29) is 29.7 Å². The van der Waals surface area contributed by atoms with Gasteiger partial charge in [0, 0.05) is 32.3 Å². The summed E-state index contributed by atoms with van der Waals surface area (Å²) in [7, 11) is 2.18. The van der Waals surface area contributed by atoms with Gasteiger partial charge in [-0.1, -0.05) is 0 Å². The molecule has 3 saturated heterocycles. The van der Waals surface area contributed by atoms with Crippen LogP contribution in [0.1, 0.15) is 19.8 Å². The van der Waals surface area contributed by atoms with Gasteiger partial charge < -0.3 is 15.0 Å².